The van der Waals surface area contributed by atoms with Crippen LogP contribution in [0.4, 0.5) is 0 Å². The second-order valence-corrected chi connectivity index (χ2v) is 11.0. The predicted molar refractivity (Wildman–Crippen MR) is 141 cm³/mol. The zero-order valence-electron chi connectivity index (χ0n) is 21.2. The van der Waals surface area contributed by atoms with Crippen molar-refractivity contribution in [3.05, 3.63) is 70.9 Å². The van der Waals surface area contributed by atoms with Crippen LogP contribution < -0.4 is 10.1 Å². The van der Waals surface area contributed by atoms with Gasteiger partial charge in [0, 0.05) is 55.2 Å². The molecule has 0 radical (unpaired) electrons. The molecule has 8 heteroatoms. The first-order chi connectivity index (χ1) is 18.5. The number of fused-ring (bicyclic) bond motifs is 2. The summed E-state index contributed by atoms with van der Waals surface area (Å²) >= 11 is 0. The minimum absolute atomic E-state index is 0.0830. The number of carbonyl (C=O) groups excluding carboxylic acids is 3. The van der Waals surface area contributed by atoms with Crippen molar-refractivity contribution in [2.45, 2.75) is 63.3 Å². The predicted octanol–water partition coefficient (Wildman–Crippen LogP) is 3.53. The number of imide groups is 1. The van der Waals surface area contributed by atoms with Crippen molar-refractivity contribution >= 4 is 28.6 Å². The van der Waals surface area contributed by atoms with Crippen LogP contribution in [0.1, 0.15) is 65.2 Å². The lowest BCUT2D eigenvalue weighted by molar-refractivity contribution is -0.136. The minimum atomic E-state index is -0.605. The number of hydrogen-bond donors (Lipinski definition) is 1. The van der Waals surface area contributed by atoms with Crippen LogP contribution in [0.5, 0.6) is 5.75 Å². The highest BCUT2D eigenvalue weighted by molar-refractivity contribution is 6.05. The highest BCUT2D eigenvalue weighted by Crippen LogP contribution is 2.39. The van der Waals surface area contributed by atoms with Crippen molar-refractivity contribution < 1.29 is 19.1 Å². The molecule has 3 aliphatic heterocycles. The maximum atomic E-state index is 12.9. The van der Waals surface area contributed by atoms with E-state index in [9.17, 15) is 14.4 Å². The van der Waals surface area contributed by atoms with E-state index in [2.05, 4.69) is 40.5 Å². The Balaban J connectivity index is 0.974. The molecule has 4 aliphatic rings. The average Bonchev–Trinajstić information content (AvgIpc) is 3.60. The number of aromatic nitrogens is 1. The highest BCUT2D eigenvalue weighted by atomic mass is 16.5. The Bertz CT molecular complexity index is 1470. The topological polar surface area (TPSA) is 91.8 Å². The Kier molecular flexibility index (Phi) is 5.65. The maximum Gasteiger partial charge on any atom is 0.255 e. The molecule has 0 bridgehead atoms. The molecule has 38 heavy (non-hydrogen) atoms. The summed E-state index contributed by atoms with van der Waals surface area (Å²) in [4.78, 5) is 45.6. The molecule has 1 aromatic heterocycles. The van der Waals surface area contributed by atoms with Gasteiger partial charge < -0.3 is 9.64 Å². The van der Waals surface area contributed by atoms with Crippen LogP contribution in [0.15, 0.2) is 48.5 Å². The van der Waals surface area contributed by atoms with Gasteiger partial charge in [-0.3, -0.25) is 29.6 Å². The van der Waals surface area contributed by atoms with Crippen LogP contribution in [-0.4, -0.2) is 57.7 Å². The molecule has 7 rings (SSSR count). The fraction of sp³-hybridized carbons (Fsp3) is 0.400. The summed E-state index contributed by atoms with van der Waals surface area (Å²) < 4.78 is 6.33. The Morgan fingerprint density at radius 3 is 2.71 bits per heavy atom. The molecule has 4 heterocycles. The van der Waals surface area contributed by atoms with Crippen LogP contribution in [0.25, 0.3) is 10.9 Å². The van der Waals surface area contributed by atoms with Gasteiger partial charge in [0.1, 0.15) is 17.9 Å². The molecule has 2 aromatic carbocycles. The van der Waals surface area contributed by atoms with Gasteiger partial charge in [0.25, 0.3) is 5.91 Å². The molecule has 194 valence electrons. The molecule has 1 N–H and O–H groups in total. The zero-order valence-corrected chi connectivity index (χ0v) is 21.2. The molecule has 1 aliphatic carbocycles. The molecular weight excluding hydrogens is 480 g/mol. The van der Waals surface area contributed by atoms with Gasteiger partial charge in [-0.05, 0) is 73.2 Å². The lowest BCUT2D eigenvalue weighted by Gasteiger charge is -2.29. The van der Waals surface area contributed by atoms with Crippen molar-refractivity contribution in [3.8, 4) is 5.75 Å². The minimum Gasteiger partial charge on any atom is -0.489 e. The fourth-order valence-electron chi connectivity index (χ4n) is 6.01. The molecule has 3 aromatic rings. The number of nitrogens with zero attached hydrogens (tertiary/aromatic N) is 3. The number of amides is 3. The summed E-state index contributed by atoms with van der Waals surface area (Å²) in [5.74, 6) is 0.572. The van der Waals surface area contributed by atoms with Crippen LogP contribution in [-0.2, 0) is 22.7 Å². The Labute approximate surface area is 221 Å². The van der Waals surface area contributed by atoms with E-state index in [4.69, 9.17) is 9.72 Å². The smallest absolute Gasteiger partial charge is 0.255 e. The maximum absolute atomic E-state index is 12.9. The van der Waals surface area contributed by atoms with Gasteiger partial charge in [0.05, 0.1) is 5.52 Å². The molecule has 0 spiro atoms. The van der Waals surface area contributed by atoms with Gasteiger partial charge in [-0.1, -0.05) is 12.1 Å². The van der Waals surface area contributed by atoms with Crippen molar-refractivity contribution in [3.63, 3.8) is 0 Å². The van der Waals surface area contributed by atoms with Crippen LogP contribution in [0, 0.1) is 0 Å². The molecule has 1 unspecified atom stereocenters. The van der Waals surface area contributed by atoms with Crippen LogP contribution in [0.3, 0.4) is 0 Å². The molecule has 2 saturated heterocycles. The number of hydrogen-bond acceptors (Lipinski definition) is 6. The van der Waals surface area contributed by atoms with E-state index < -0.39 is 11.9 Å². The Hall–Kier alpha value is -3.78. The molecule has 2 atom stereocenters. The van der Waals surface area contributed by atoms with Crippen LogP contribution in [0.2, 0.25) is 0 Å². The molecule has 3 amide bonds. The molecular formula is C30H30N4O4. The summed E-state index contributed by atoms with van der Waals surface area (Å²) in [6, 6.07) is 15.9. The first-order valence-electron chi connectivity index (χ1n) is 13.6. The second kappa shape index (κ2) is 9.20. The van der Waals surface area contributed by atoms with Crippen molar-refractivity contribution in [2.75, 3.05) is 13.1 Å². The van der Waals surface area contributed by atoms with E-state index in [1.54, 1.807) is 11.0 Å². The Morgan fingerprint density at radius 2 is 1.87 bits per heavy atom. The summed E-state index contributed by atoms with van der Waals surface area (Å²) in [7, 11) is 0. The standard InChI is InChI=1S/C30H30N4O4/c35-28-10-9-27(29(36)32-28)34-16-21-14-22(5-6-24(21)30(34)37)38-23-11-12-33(17-23)15-18-1-7-26-20(13-18)4-8-25(31-26)19-2-3-19/h1,4-8,13-14,19,23,27H,2-3,9-12,15-17H2,(H,32,35,36)/t23-,27?/m0/s1. The van der Waals surface area contributed by atoms with Gasteiger partial charge >= 0.3 is 0 Å². The average molecular weight is 511 g/mol. The van der Waals surface area contributed by atoms with Gasteiger partial charge in [-0.2, -0.15) is 0 Å². The first kappa shape index (κ1) is 23.3. The van der Waals surface area contributed by atoms with E-state index in [1.165, 1.54) is 29.5 Å². The molecule has 3 fully saturated rings. The number of ether oxygens (including phenoxy) is 1. The number of benzene rings is 2. The lowest BCUT2D eigenvalue weighted by atomic mass is 10.0. The van der Waals surface area contributed by atoms with Crippen molar-refractivity contribution in [1.82, 2.24) is 20.1 Å². The zero-order chi connectivity index (χ0) is 25.8. The number of piperidine rings is 1. The third kappa shape index (κ3) is 4.43. The van der Waals surface area contributed by atoms with Gasteiger partial charge in [0.2, 0.25) is 11.8 Å². The first-order valence-corrected chi connectivity index (χ1v) is 13.6. The molecule has 8 nitrogen and oxygen atoms in total. The van der Waals surface area contributed by atoms with Gasteiger partial charge in [0.15, 0.2) is 0 Å². The van der Waals surface area contributed by atoms with Crippen molar-refractivity contribution in [2.24, 2.45) is 0 Å². The lowest BCUT2D eigenvalue weighted by Crippen LogP contribution is -2.52. The molecule has 1 saturated carbocycles. The number of rotatable bonds is 6. The highest BCUT2D eigenvalue weighted by Gasteiger charge is 2.39. The Morgan fingerprint density at radius 1 is 0.974 bits per heavy atom. The van der Waals surface area contributed by atoms with Gasteiger partial charge in [-0.25, -0.2) is 0 Å². The number of likely N-dealkylation sites (tertiary alicyclic amines) is 1. The van der Waals surface area contributed by atoms with Crippen molar-refractivity contribution in [1.29, 1.82) is 0 Å². The number of nitrogens with one attached hydrogen (secondary N) is 1. The van der Waals surface area contributed by atoms with E-state index in [0.29, 0.717) is 24.4 Å². The summed E-state index contributed by atoms with van der Waals surface area (Å²) in [6.07, 6.45) is 4.16. The number of carbonyl (C=O) groups is 3. The van der Waals surface area contributed by atoms with E-state index in [1.807, 2.05) is 12.1 Å². The normalized spacial score (nSPS) is 23.7. The SMILES string of the molecule is O=C1CCC(N2Cc3cc(O[C@H]4CCN(Cc5ccc6nc(C7CC7)ccc6c5)C4)ccc3C2=O)C(=O)N1. The second-order valence-electron chi connectivity index (χ2n) is 11.0. The monoisotopic (exact) mass is 510 g/mol. The third-order valence-corrected chi connectivity index (χ3v) is 8.20. The van der Waals surface area contributed by atoms with E-state index >= 15 is 0 Å². The van der Waals surface area contributed by atoms with E-state index in [-0.39, 0.29) is 24.3 Å². The quantitative estimate of drug-likeness (QED) is 0.510. The summed E-state index contributed by atoms with van der Waals surface area (Å²) in [6.45, 7) is 3.04. The number of pyridine rings is 1. The summed E-state index contributed by atoms with van der Waals surface area (Å²) in [5.41, 5.74) is 5.05. The van der Waals surface area contributed by atoms with Gasteiger partial charge in [-0.15, -0.1) is 0 Å². The van der Waals surface area contributed by atoms with Crippen LogP contribution >= 0.6 is 0 Å². The largest absolute Gasteiger partial charge is 0.489 e. The summed E-state index contributed by atoms with van der Waals surface area (Å²) in [5, 5.41) is 3.54. The van der Waals surface area contributed by atoms with E-state index in [0.717, 1.165) is 42.9 Å². The third-order valence-electron chi connectivity index (χ3n) is 8.20. The fourth-order valence-corrected chi connectivity index (χ4v) is 6.01.